The molecule has 2 rings (SSSR count). The number of hydrogen-bond acceptors (Lipinski definition) is 0. The van der Waals surface area contributed by atoms with Crippen LogP contribution in [0.4, 0.5) is 0 Å². The minimum atomic E-state index is -0.407. The van der Waals surface area contributed by atoms with Crippen molar-refractivity contribution in [2.24, 2.45) is 11.3 Å². The van der Waals surface area contributed by atoms with Crippen molar-refractivity contribution in [3.8, 4) is 0 Å². The van der Waals surface area contributed by atoms with Gasteiger partial charge >= 0.3 is 0 Å². The lowest BCUT2D eigenvalue weighted by Crippen LogP contribution is -2.31. The first-order valence-corrected chi connectivity index (χ1v) is 4.67. The second-order valence-corrected chi connectivity index (χ2v) is 5.56. The largest absolute Gasteiger partial charge is 0.123 e. The maximum absolute atomic E-state index is 6.17. The Morgan fingerprint density at radius 2 is 2.00 bits per heavy atom. The van der Waals surface area contributed by atoms with Crippen molar-refractivity contribution in [3.05, 3.63) is 0 Å². The fourth-order valence-electron chi connectivity index (χ4n) is 2.48. The third kappa shape index (κ3) is 0.753. The van der Waals surface area contributed by atoms with Crippen LogP contribution in [0, 0.1) is 11.3 Å². The summed E-state index contributed by atoms with van der Waals surface area (Å²) in [7, 11) is 0. The first-order chi connectivity index (χ1) is 4.54. The molecule has 2 heteroatoms. The normalized spacial score (nSPS) is 50.1. The molecule has 58 valence electrons. The molecule has 0 aliphatic heterocycles. The van der Waals surface area contributed by atoms with Crippen LogP contribution in [0.15, 0.2) is 0 Å². The van der Waals surface area contributed by atoms with E-state index in [-0.39, 0.29) is 5.41 Å². The van der Waals surface area contributed by atoms with E-state index in [2.05, 4.69) is 6.92 Å². The molecule has 0 heterocycles. The topological polar surface area (TPSA) is 0 Å². The van der Waals surface area contributed by atoms with Crippen molar-refractivity contribution in [2.75, 3.05) is 0 Å². The summed E-state index contributed by atoms with van der Waals surface area (Å²) in [6.07, 6.45) is 4.84. The van der Waals surface area contributed by atoms with Gasteiger partial charge in [-0.25, -0.2) is 0 Å². The highest BCUT2D eigenvalue weighted by Crippen LogP contribution is 2.64. The summed E-state index contributed by atoms with van der Waals surface area (Å²) in [4.78, 5) is 0. The summed E-state index contributed by atoms with van der Waals surface area (Å²) in [5.74, 6) is 0.819. The molecule has 0 aromatic carbocycles. The highest BCUT2D eigenvalue weighted by Gasteiger charge is 2.57. The molecule has 0 aromatic heterocycles. The van der Waals surface area contributed by atoms with E-state index in [4.69, 9.17) is 23.2 Å². The number of hydrogen-bond donors (Lipinski definition) is 0. The number of rotatable bonds is 0. The summed E-state index contributed by atoms with van der Waals surface area (Å²) >= 11 is 12.3. The third-order valence-corrected chi connectivity index (χ3v) is 4.49. The zero-order chi connectivity index (χ0) is 7.41. The van der Waals surface area contributed by atoms with Gasteiger partial charge in [0.15, 0.2) is 0 Å². The van der Waals surface area contributed by atoms with Crippen LogP contribution < -0.4 is 0 Å². The van der Waals surface area contributed by atoms with E-state index in [1.165, 1.54) is 19.3 Å². The molecule has 10 heavy (non-hydrogen) atoms. The van der Waals surface area contributed by atoms with E-state index < -0.39 is 4.33 Å². The Morgan fingerprint density at radius 3 is 2.20 bits per heavy atom. The van der Waals surface area contributed by atoms with E-state index in [0.717, 1.165) is 12.3 Å². The molecule has 0 spiro atoms. The molecule has 0 aromatic rings. The fourth-order valence-corrected chi connectivity index (χ4v) is 3.26. The van der Waals surface area contributed by atoms with Crippen LogP contribution in [0.5, 0.6) is 0 Å². The number of halogens is 2. The van der Waals surface area contributed by atoms with Gasteiger partial charge in [-0.1, -0.05) is 6.92 Å². The van der Waals surface area contributed by atoms with Gasteiger partial charge in [-0.3, -0.25) is 0 Å². The molecule has 0 saturated heterocycles. The van der Waals surface area contributed by atoms with Crippen LogP contribution in [0.2, 0.25) is 0 Å². The van der Waals surface area contributed by atoms with E-state index in [1.54, 1.807) is 0 Å². The lowest BCUT2D eigenvalue weighted by Gasteiger charge is -2.34. The monoisotopic (exact) mass is 178 g/mol. The lowest BCUT2D eigenvalue weighted by atomic mass is 9.86. The predicted octanol–water partition coefficient (Wildman–Crippen LogP) is 3.37. The summed E-state index contributed by atoms with van der Waals surface area (Å²) in [6, 6.07) is 0. The van der Waals surface area contributed by atoms with Crippen molar-refractivity contribution < 1.29 is 0 Å². The minimum Gasteiger partial charge on any atom is -0.101 e. The summed E-state index contributed by atoms with van der Waals surface area (Å²) in [5.41, 5.74) is 0.237. The van der Waals surface area contributed by atoms with Crippen LogP contribution in [-0.4, -0.2) is 4.33 Å². The van der Waals surface area contributed by atoms with Crippen LogP contribution in [0.1, 0.15) is 32.6 Å². The van der Waals surface area contributed by atoms with Crippen LogP contribution >= 0.6 is 23.2 Å². The highest BCUT2D eigenvalue weighted by atomic mass is 35.5. The van der Waals surface area contributed by atoms with Crippen molar-refractivity contribution in [1.29, 1.82) is 0 Å². The zero-order valence-electron chi connectivity index (χ0n) is 6.16. The maximum Gasteiger partial charge on any atom is 0.123 e. The van der Waals surface area contributed by atoms with Gasteiger partial charge in [0.1, 0.15) is 4.33 Å². The molecular formula is C8H12Cl2. The average molecular weight is 179 g/mol. The minimum absolute atomic E-state index is 0.237. The quantitative estimate of drug-likeness (QED) is 0.500. The molecule has 0 N–H and O–H groups in total. The van der Waals surface area contributed by atoms with Crippen molar-refractivity contribution >= 4 is 23.2 Å². The summed E-state index contributed by atoms with van der Waals surface area (Å²) < 4.78 is -0.407. The van der Waals surface area contributed by atoms with Gasteiger partial charge in [-0.15, -0.1) is 23.2 Å². The van der Waals surface area contributed by atoms with E-state index >= 15 is 0 Å². The Hall–Kier alpha value is 0.580. The molecule has 0 amide bonds. The van der Waals surface area contributed by atoms with Crippen LogP contribution in [0.25, 0.3) is 0 Å². The van der Waals surface area contributed by atoms with Gasteiger partial charge in [-0.05, 0) is 31.6 Å². The molecule has 2 bridgehead atoms. The molecule has 2 fully saturated rings. The molecule has 2 aliphatic rings. The second kappa shape index (κ2) is 1.84. The van der Waals surface area contributed by atoms with Gasteiger partial charge < -0.3 is 0 Å². The van der Waals surface area contributed by atoms with Gasteiger partial charge in [0, 0.05) is 5.41 Å². The fraction of sp³-hybridized carbons (Fsp3) is 1.00. The molecule has 0 unspecified atom stereocenters. The van der Waals surface area contributed by atoms with Crippen LogP contribution in [-0.2, 0) is 0 Å². The molecular weight excluding hydrogens is 167 g/mol. The Balaban J connectivity index is 2.31. The Kier molecular flexibility index (Phi) is 1.33. The van der Waals surface area contributed by atoms with E-state index in [0.29, 0.717) is 0 Å². The van der Waals surface area contributed by atoms with Gasteiger partial charge in [-0.2, -0.15) is 0 Å². The molecule has 0 radical (unpaired) electrons. The Bertz CT molecular complexity index is 163. The first-order valence-electron chi connectivity index (χ1n) is 3.91. The smallest absolute Gasteiger partial charge is 0.101 e. The Morgan fingerprint density at radius 1 is 1.30 bits per heavy atom. The SMILES string of the molecule is C[C@@]12CC[C@H](CC1(Cl)Cl)C2. The van der Waals surface area contributed by atoms with Gasteiger partial charge in [0.25, 0.3) is 0 Å². The zero-order valence-corrected chi connectivity index (χ0v) is 7.67. The summed E-state index contributed by atoms with van der Waals surface area (Å²) in [5, 5.41) is 0. The molecule has 2 saturated carbocycles. The molecule has 2 atom stereocenters. The van der Waals surface area contributed by atoms with E-state index in [1.807, 2.05) is 0 Å². The molecule has 0 nitrogen and oxygen atoms in total. The maximum atomic E-state index is 6.17. The highest BCUT2D eigenvalue weighted by molar-refractivity contribution is 6.49. The van der Waals surface area contributed by atoms with Crippen molar-refractivity contribution in [3.63, 3.8) is 0 Å². The summed E-state index contributed by atoms with van der Waals surface area (Å²) in [6.45, 7) is 2.22. The predicted molar refractivity (Wildman–Crippen MR) is 44.5 cm³/mol. The van der Waals surface area contributed by atoms with Gasteiger partial charge in [0.05, 0.1) is 0 Å². The van der Waals surface area contributed by atoms with Crippen molar-refractivity contribution in [1.82, 2.24) is 0 Å². The molecule has 2 aliphatic carbocycles. The number of alkyl halides is 2. The van der Waals surface area contributed by atoms with Crippen LogP contribution in [0.3, 0.4) is 0 Å². The average Bonchev–Trinajstić information content (AvgIpc) is 2.18. The second-order valence-electron chi connectivity index (χ2n) is 4.08. The Labute approximate surface area is 71.9 Å². The number of fused-ring (bicyclic) bond motifs is 2. The van der Waals surface area contributed by atoms with Gasteiger partial charge in [0.2, 0.25) is 0 Å². The lowest BCUT2D eigenvalue weighted by molar-refractivity contribution is 0.310. The third-order valence-electron chi connectivity index (χ3n) is 3.27. The standard InChI is InChI=1S/C8H12Cl2/c1-7-3-2-6(4-7)5-8(7,9)10/h6H,2-5H2,1H3/t6-,7-/m0/s1. The van der Waals surface area contributed by atoms with E-state index in [9.17, 15) is 0 Å². The van der Waals surface area contributed by atoms with Crippen molar-refractivity contribution in [2.45, 2.75) is 36.9 Å². The first kappa shape index (κ1) is 7.24.